The van der Waals surface area contributed by atoms with Crippen LogP contribution < -0.4 is 10.6 Å². The van der Waals surface area contributed by atoms with E-state index in [1.807, 2.05) is 14.1 Å². The summed E-state index contributed by atoms with van der Waals surface area (Å²) in [5.74, 6) is 0. The van der Waals surface area contributed by atoms with E-state index in [-0.39, 0.29) is 0 Å². The minimum Gasteiger partial charge on any atom is -0.388 e. The van der Waals surface area contributed by atoms with Crippen molar-refractivity contribution in [3.8, 4) is 0 Å². The molecule has 18 heavy (non-hydrogen) atoms. The molecule has 0 aliphatic heterocycles. The van der Waals surface area contributed by atoms with Gasteiger partial charge in [-0.25, -0.2) is 4.98 Å². The smallest absolute Gasteiger partial charge is 0.259 e. The van der Waals surface area contributed by atoms with Crippen LogP contribution in [0.25, 0.3) is 20.4 Å². The summed E-state index contributed by atoms with van der Waals surface area (Å²) in [7, 11) is 3.86. The molecule has 0 radical (unpaired) electrons. The van der Waals surface area contributed by atoms with Crippen LogP contribution in [0.15, 0.2) is 36.4 Å². The molecule has 3 aromatic rings. The van der Waals surface area contributed by atoms with Gasteiger partial charge in [-0.1, -0.05) is 0 Å². The zero-order chi connectivity index (χ0) is 12.5. The number of anilines is 2. The molecule has 0 unspecified atom stereocenters. The SMILES string of the molecule is CNc1ccc2nc3ccc(NC)cc3[s+]c2c1. The molecule has 2 aromatic carbocycles. The third kappa shape index (κ3) is 1.84. The van der Waals surface area contributed by atoms with E-state index in [1.165, 1.54) is 9.40 Å². The van der Waals surface area contributed by atoms with Crippen molar-refractivity contribution in [2.75, 3.05) is 24.7 Å². The normalized spacial score (nSPS) is 10.8. The highest BCUT2D eigenvalue weighted by molar-refractivity contribution is 7.24. The maximum absolute atomic E-state index is 4.68. The summed E-state index contributed by atoms with van der Waals surface area (Å²) < 4.78 is 2.39. The van der Waals surface area contributed by atoms with Crippen molar-refractivity contribution in [3.05, 3.63) is 36.4 Å². The summed E-state index contributed by atoms with van der Waals surface area (Å²) in [4.78, 5) is 4.68. The zero-order valence-electron chi connectivity index (χ0n) is 10.3. The molecule has 0 atom stereocenters. The van der Waals surface area contributed by atoms with Crippen molar-refractivity contribution < 1.29 is 0 Å². The Balaban J connectivity index is 2.29. The molecule has 0 saturated carbocycles. The van der Waals surface area contributed by atoms with Crippen LogP contribution >= 0.6 is 11.3 Å². The first-order valence-corrected chi connectivity index (χ1v) is 6.65. The Morgan fingerprint density at radius 1 is 0.833 bits per heavy atom. The van der Waals surface area contributed by atoms with Crippen molar-refractivity contribution in [2.45, 2.75) is 0 Å². The second kappa shape index (κ2) is 4.38. The molecule has 0 amide bonds. The van der Waals surface area contributed by atoms with Crippen molar-refractivity contribution >= 4 is 43.1 Å². The highest BCUT2D eigenvalue weighted by Crippen LogP contribution is 2.29. The quantitative estimate of drug-likeness (QED) is 0.540. The molecule has 90 valence electrons. The lowest BCUT2D eigenvalue weighted by atomic mass is 10.2. The van der Waals surface area contributed by atoms with Crippen LogP contribution in [0.4, 0.5) is 11.4 Å². The average Bonchev–Trinajstić information content (AvgIpc) is 2.43. The van der Waals surface area contributed by atoms with E-state index in [0.29, 0.717) is 0 Å². The first-order chi connectivity index (χ1) is 8.80. The zero-order valence-corrected chi connectivity index (χ0v) is 11.1. The topological polar surface area (TPSA) is 37.0 Å². The van der Waals surface area contributed by atoms with Crippen molar-refractivity contribution in [1.29, 1.82) is 0 Å². The number of fused-ring (bicyclic) bond motifs is 2. The Bertz CT molecular complexity index is 666. The highest BCUT2D eigenvalue weighted by Gasteiger charge is 2.13. The third-order valence-electron chi connectivity index (χ3n) is 2.96. The molecule has 0 saturated heterocycles. The fourth-order valence-electron chi connectivity index (χ4n) is 1.94. The summed E-state index contributed by atoms with van der Waals surface area (Å²) in [5, 5.41) is 6.31. The Morgan fingerprint density at radius 3 is 1.78 bits per heavy atom. The molecule has 0 bridgehead atoms. The fraction of sp³-hybridized carbons (Fsp3) is 0.143. The average molecular weight is 256 g/mol. The number of nitrogens with zero attached hydrogens (tertiary/aromatic N) is 1. The van der Waals surface area contributed by atoms with E-state index < -0.39 is 0 Å². The molecule has 1 heterocycles. The third-order valence-corrected chi connectivity index (χ3v) is 4.05. The minimum atomic E-state index is 1.05. The van der Waals surface area contributed by atoms with Crippen LogP contribution in [0, 0.1) is 0 Å². The molecular formula is C14H14N3S+. The van der Waals surface area contributed by atoms with Crippen LogP contribution in [0.2, 0.25) is 0 Å². The lowest BCUT2D eigenvalue weighted by Crippen LogP contribution is -1.89. The first kappa shape index (κ1) is 11.2. The molecule has 4 heteroatoms. The van der Waals surface area contributed by atoms with Gasteiger partial charge in [0.1, 0.15) is 11.0 Å². The molecule has 0 aliphatic carbocycles. The van der Waals surface area contributed by atoms with E-state index in [1.54, 1.807) is 11.3 Å². The molecule has 1 aromatic heterocycles. The second-order valence-electron chi connectivity index (χ2n) is 4.08. The summed E-state index contributed by atoms with van der Waals surface area (Å²) in [5.41, 5.74) is 4.32. The fourth-order valence-corrected chi connectivity index (χ4v) is 2.98. The van der Waals surface area contributed by atoms with Crippen LogP contribution in [-0.2, 0) is 0 Å². The summed E-state index contributed by atoms with van der Waals surface area (Å²) in [6.07, 6.45) is 0. The Kier molecular flexibility index (Phi) is 2.72. The molecule has 0 fully saturated rings. The van der Waals surface area contributed by atoms with E-state index in [4.69, 9.17) is 0 Å². The highest BCUT2D eigenvalue weighted by atomic mass is 32.1. The van der Waals surface area contributed by atoms with Gasteiger partial charge in [0.05, 0.1) is 0 Å². The number of nitrogens with one attached hydrogen (secondary N) is 2. The molecular weight excluding hydrogens is 242 g/mol. The molecule has 3 nitrogen and oxygen atoms in total. The standard InChI is InChI=1S/C14H14N3S/c1-15-9-3-5-11-13(7-9)18-14-8-10(16-2)4-6-12(14)17-11/h3-8,15-16H,1-2H3/q+1. The predicted octanol–water partition coefficient (Wildman–Crippen LogP) is 3.81. The number of hydrogen-bond donors (Lipinski definition) is 2. The van der Waals surface area contributed by atoms with Gasteiger partial charge in [-0.2, -0.15) is 0 Å². The Hall–Kier alpha value is -1.94. The Morgan fingerprint density at radius 2 is 1.33 bits per heavy atom. The van der Waals surface area contributed by atoms with Crippen LogP contribution in [0.3, 0.4) is 0 Å². The summed E-state index contributed by atoms with van der Waals surface area (Å²) >= 11 is 1.77. The lowest BCUT2D eigenvalue weighted by Gasteiger charge is -1.99. The van der Waals surface area contributed by atoms with E-state index in [9.17, 15) is 0 Å². The van der Waals surface area contributed by atoms with Gasteiger partial charge in [-0.15, -0.1) is 0 Å². The van der Waals surface area contributed by atoms with Gasteiger partial charge < -0.3 is 10.6 Å². The lowest BCUT2D eigenvalue weighted by molar-refractivity contribution is 1.48. The first-order valence-electron chi connectivity index (χ1n) is 5.83. The van der Waals surface area contributed by atoms with E-state index >= 15 is 0 Å². The van der Waals surface area contributed by atoms with Gasteiger partial charge in [0, 0.05) is 37.6 Å². The number of rotatable bonds is 2. The maximum atomic E-state index is 4.68. The predicted molar refractivity (Wildman–Crippen MR) is 80.6 cm³/mol. The summed E-state index contributed by atoms with van der Waals surface area (Å²) in [6, 6.07) is 12.5. The number of benzene rings is 2. The van der Waals surface area contributed by atoms with Crippen molar-refractivity contribution in [1.82, 2.24) is 4.98 Å². The van der Waals surface area contributed by atoms with Crippen molar-refractivity contribution in [2.24, 2.45) is 0 Å². The van der Waals surface area contributed by atoms with Gasteiger partial charge >= 0.3 is 0 Å². The second-order valence-corrected chi connectivity index (χ2v) is 5.16. The van der Waals surface area contributed by atoms with Gasteiger partial charge in [0.2, 0.25) is 11.3 Å². The maximum Gasteiger partial charge on any atom is 0.259 e. The monoisotopic (exact) mass is 256 g/mol. The van der Waals surface area contributed by atoms with Gasteiger partial charge in [0.25, 0.3) is 9.40 Å². The Labute approximate surface area is 109 Å². The number of hydrogen-bond acceptors (Lipinski definition) is 3. The van der Waals surface area contributed by atoms with Gasteiger partial charge in [-0.3, -0.25) is 0 Å². The van der Waals surface area contributed by atoms with Crippen molar-refractivity contribution in [3.63, 3.8) is 0 Å². The van der Waals surface area contributed by atoms with Crippen LogP contribution in [0.5, 0.6) is 0 Å². The van der Waals surface area contributed by atoms with Crippen LogP contribution in [0.1, 0.15) is 0 Å². The number of aromatic nitrogens is 1. The largest absolute Gasteiger partial charge is 0.388 e. The van der Waals surface area contributed by atoms with E-state index in [0.717, 1.165) is 22.4 Å². The molecule has 2 N–H and O–H groups in total. The molecule has 0 aliphatic rings. The van der Waals surface area contributed by atoms with E-state index in [2.05, 4.69) is 52.0 Å². The minimum absolute atomic E-state index is 1.05. The van der Waals surface area contributed by atoms with Gasteiger partial charge in [0.15, 0.2) is 0 Å². The molecule has 3 rings (SSSR count). The molecule has 0 spiro atoms. The van der Waals surface area contributed by atoms with Gasteiger partial charge in [-0.05, 0) is 24.3 Å². The van der Waals surface area contributed by atoms with Crippen LogP contribution in [-0.4, -0.2) is 19.1 Å². The summed E-state index contributed by atoms with van der Waals surface area (Å²) in [6.45, 7) is 0.